The lowest BCUT2D eigenvalue weighted by atomic mass is 10.0. The first-order valence-electron chi connectivity index (χ1n) is 11.1. The van der Waals surface area contributed by atoms with Crippen molar-refractivity contribution in [3.63, 3.8) is 0 Å². The minimum atomic E-state index is -0.592. The second-order valence-corrected chi connectivity index (χ2v) is 8.14. The van der Waals surface area contributed by atoms with E-state index >= 15 is 0 Å². The number of carbonyl (C=O) groups excluding carboxylic acids is 1. The molecule has 0 amide bonds. The molecular weight excluding hydrogens is 456 g/mol. The molecule has 0 saturated carbocycles. The Morgan fingerprint density at radius 2 is 0.972 bits per heavy atom. The molecule has 6 aromatic rings. The Morgan fingerprint density at radius 1 is 0.556 bits per heavy atom. The largest absolute Gasteiger partial charge is 0.403 e. The van der Waals surface area contributed by atoms with Gasteiger partial charge in [-0.2, -0.15) is 0 Å². The van der Waals surface area contributed by atoms with Crippen LogP contribution in [0.1, 0.15) is 15.9 Å². The van der Waals surface area contributed by atoms with Crippen molar-refractivity contribution in [2.75, 3.05) is 0 Å². The van der Waals surface area contributed by atoms with Gasteiger partial charge >= 0.3 is 11.3 Å². The summed E-state index contributed by atoms with van der Waals surface area (Å²) in [7, 11) is 0. The molecule has 0 bridgehead atoms. The van der Waals surface area contributed by atoms with E-state index in [1.165, 1.54) is 12.1 Å². The van der Waals surface area contributed by atoms with E-state index in [2.05, 4.69) is 9.97 Å². The van der Waals surface area contributed by atoms with E-state index < -0.39 is 11.3 Å². The molecule has 0 unspecified atom stereocenters. The molecule has 2 heterocycles. The Kier molecular flexibility index (Phi) is 5.08. The fourth-order valence-electron chi connectivity index (χ4n) is 4.00. The second kappa shape index (κ2) is 8.56. The van der Waals surface area contributed by atoms with E-state index in [-0.39, 0.29) is 39.5 Å². The first-order chi connectivity index (χ1) is 17.6. The zero-order chi connectivity index (χ0) is 24.6. The van der Waals surface area contributed by atoms with Crippen LogP contribution in [-0.2, 0) is 0 Å². The molecule has 0 aliphatic heterocycles. The maximum Gasteiger partial charge on any atom is 0.347 e. The Labute approximate surface area is 203 Å². The van der Waals surface area contributed by atoms with Crippen LogP contribution in [0.4, 0.5) is 0 Å². The predicted molar refractivity (Wildman–Crippen MR) is 135 cm³/mol. The van der Waals surface area contributed by atoms with E-state index in [0.717, 1.165) is 0 Å². The van der Waals surface area contributed by atoms with E-state index in [1.54, 1.807) is 48.5 Å². The average Bonchev–Trinajstić information content (AvgIpc) is 2.93. The van der Waals surface area contributed by atoms with Gasteiger partial charge in [-0.05, 0) is 60.7 Å². The minimum Gasteiger partial charge on any atom is -0.403 e. The van der Waals surface area contributed by atoms with Crippen LogP contribution in [0.2, 0.25) is 0 Å². The van der Waals surface area contributed by atoms with Gasteiger partial charge in [0, 0.05) is 22.3 Å². The summed E-state index contributed by atoms with van der Waals surface area (Å²) in [6, 6.07) is 27.5. The van der Waals surface area contributed by atoms with Crippen molar-refractivity contribution >= 4 is 27.6 Å². The number of hydrogen-bond acceptors (Lipinski definition) is 7. The van der Waals surface area contributed by atoms with E-state index in [0.29, 0.717) is 22.2 Å². The first kappa shape index (κ1) is 21.4. The smallest absolute Gasteiger partial charge is 0.347 e. The molecule has 2 aromatic heterocycles. The van der Waals surface area contributed by atoms with Crippen molar-refractivity contribution in [2.24, 2.45) is 0 Å². The Morgan fingerprint density at radius 3 is 1.39 bits per heavy atom. The third-order valence-corrected chi connectivity index (χ3v) is 5.82. The number of ketones is 1. The molecular formula is C29H16N2O5. The summed E-state index contributed by atoms with van der Waals surface area (Å²) in [5, 5.41) is 0.380. The molecule has 6 rings (SSSR count). The van der Waals surface area contributed by atoms with E-state index in [4.69, 9.17) is 8.83 Å². The minimum absolute atomic E-state index is 0.190. The molecule has 0 aliphatic rings. The molecule has 4 aromatic carbocycles. The number of aromatic nitrogens is 2. The van der Waals surface area contributed by atoms with Gasteiger partial charge in [-0.1, -0.05) is 36.4 Å². The van der Waals surface area contributed by atoms with Gasteiger partial charge in [-0.3, -0.25) is 4.79 Å². The van der Waals surface area contributed by atoms with Crippen LogP contribution in [-0.4, -0.2) is 15.8 Å². The predicted octanol–water partition coefficient (Wildman–Crippen LogP) is 5.25. The van der Waals surface area contributed by atoms with Crippen LogP contribution in [0.15, 0.2) is 115 Å². The molecule has 36 heavy (non-hydrogen) atoms. The highest BCUT2D eigenvalue weighted by molar-refractivity contribution is 6.11. The summed E-state index contributed by atoms with van der Waals surface area (Å²) in [6.45, 7) is 0. The molecule has 0 fully saturated rings. The van der Waals surface area contributed by atoms with Crippen LogP contribution >= 0.6 is 0 Å². The van der Waals surface area contributed by atoms with Crippen LogP contribution in [0.5, 0.6) is 0 Å². The Hall–Kier alpha value is -5.17. The molecule has 0 radical (unpaired) electrons. The van der Waals surface area contributed by atoms with Crippen molar-refractivity contribution in [2.45, 2.75) is 0 Å². The lowest BCUT2D eigenvalue weighted by Gasteiger charge is -2.06. The average molecular weight is 472 g/mol. The van der Waals surface area contributed by atoms with Gasteiger partial charge in [0.05, 0.1) is 21.8 Å². The van der Waals surface area contributed by atoms with Crippen molar-refractivity contribution in [1.29, 1.82) is 0 Å². The van der Waals surface area contributed by atoms with Gasteiger partial charge in [-0.25, -0.2) is 19.6 Å². The SMILES string of the molecule is O=C(c1ccc2nc(-c3ccccc3)oc(=O)c2c1)c1ccc2nc(-c3ccccc3)oc(=O)c2c1. The third-order valence-electron chi connectivity index (χ3n) is 5.82. The Bertz CT molecular complexity index is 1750. The summed E-state index contributed by atoms with van der Waals surface area (Å²) in [6.07, 6.45) is 0. The first-order valence-corrected chi connectivity index (χ1v) is 11.1. The highest BCUT2D eigenvalue weighted by Crippen LogP contribution is 2.22. The molecule has 0 spiro atoms. The van der Waals surface area contributed by atoms with Crippen LogP contribution in [0.25, 0.3) is 44.7 Å². The monoisotopic (exact) mass is 472 g/mol. The summed E-state index contributed by atoms with van der Waals surface area (Å²) >= 11 is 0. The summed E-state index contributed by atoms with van der Waals surface area (Å²) in [5.74, 6) is 0.0449. The second-order valence-electron chi connectivity index (χ2n) is 8.14. The van der Waals surface area contributed by atoms with Crippen LogP contribution < -0.4 is 11.3 Å². The quantitative estimate of drug-likeness (QED) is 0.323. The summed E-state index contributed by atoms with van der Waals surface area (Å²) < 4.78 is 10.8. The number of nitrogens with zero attached hydrogens (tertiary/aromatic N) is 2. The van der Waals surface area contributed by atoms with Gasteiger partial charge in [0.25, 0.3) is 0 Å². The number of fused-ring (bicyclic) bond motifs is 2. The standard InChI is InChI=1S/C29H16N2O5/c32-25(19-11-13-23-21(15-19)28(33)35-26(30-23)17-7-3-1-4-8-17)20-12-14-24-22(16-20)29(34)36-27(31-24)18-9-5-2-6-10-18/h1-16H. The lowest BCUT2D eigenvalue weighted by molar-refractivity contribution is 0.103. The molecule has 7 nitrogen and oxygen atoms in total. The molecule has 0 atom stereocenters. The Balaban J connectivity index is 1.38. The number of rotatable bonds is 4. The molecule has 172 valence electrons. The molecule has 0 N–H and O–H groups in total. The van der Waals surface area contributed by atoms with Crippen LogP contribution in [0, 0.1) is 0 Å². The topological polar surface area (TPSA) is 103 Å². The molecule has 7 heteroatoms. The van der Waals surface area contributed by atoms with Gasteiger partial charge < -0.3 is 8.83 Å². The highest BCUT2D eigenvalue weighted by atomic mass is 16.4. The maximum absolute atomic E-state index is 13.2. The van der Waals surface area contributed by atoms with Gasteiger partial charge in [-0.15, -0.1) is 0 Å². The van der Waals surface area contributed by atoms with Crippen molar-refractivity contribution < 1.29 is 13.6 Å². The van der Waals surface area contributed by atoms with Gasteiger partial charge in [0.2, 0.25) is 11.8 Å². The van der Waals surface area contributed by atoms with E-state index in [9.17, 15) is 14.4 Å². The highest BCUT2D eigenvalue weighted by Gasteiger charge is 2.16. The summed E-state index contributed by atoms with van der Waals surface area (Å²) in [5.41, 5.74) is 1.53. The number of hydrogen-bond donors (Lipinski definition) is 0. The van der Waals surface area contributed by atoms with Gasteiger partial charge in [0.15, 0.2) is 5.78 Å². The molecule has 0 saturated heterocycles. The van der Waals surface area contributed by atoms with Crippen molar-refractivity contribution in [3.8, 4) is 22.9 Å². The maximum atomic E-state index is 13.2. The number of carbonyl (C=O) groups is 1. The zero-order valence-corrected chi connectivity index (χ0v) is 18.7. The zero-order valence-electron chi connectivity index (χ0n) is 18.7. The number of benzene rings is 4. The van der Waals surface area contributed by atoms with Crippen LogP contribution in [0.3, 0.4) is 0 Å². The summed E-state index contributed by atoms with van der Waals surface area (Å²) in [4.78, 5) is 47.4. The van der Waals surface area contributed by atoms with Gasteiger partial charge in [0.1, 0.15) is 0 Å². The molecule has 0 aliphatic carbocycles. The lowest BCUT2D eigenvalue weighted by Crippen LogP contribution is -2.08. The van der Waals surface area contributed by atoms with Crippen molar-refractivity contribution in [3.05, 3.63) is 129 Å². The van der Waals surface area contributed by atoms with E-state index in [1.807, 2.05) is 36.4 Å². The fraction of sp³-hybridized carbons (Fsp3) is 0. The normalized spacial score (nSPS) is 11.1. The third kappa shape index (κ3) is 3.78. The fourth-order valence-corrected chi connectivity index (χ4v) is 4.00. The van der Waals surface area contributed by atoms with Crippen molar-refractivity contribution in [1.82, 2.24) is 9.97 Å².